The molecule has 2 amide bonds. The number of para-hydroxylation sites is 1. The van der Waals surface area contributed by atoms with Crippen LogP contribution in [-0.2, 0) is 14.0 Å². The zero-order valence-corrected chi connectivity index (χ0v) is 16.4. The Bertz CT molecular complexity index is 636. The maximum atomic E-state index is 12.7. The van der Waals surface area contributed by atoms with Crippen LogP contribution in [0.5, 0.6) is 0 Å². The van der Waals surface area contributed by atoms with Gasteiger partial charge in [0.1, 0.15) is 0 Å². The van der Waals surface area contributed by atoms with E-state index < -0.39 is 14.4 Å². The Morgan fingerprint density at radius 3 is 2.46 bits per heavy atom. The average Bonchev–Trinajstić information content (AvgIpc) is 2.78. The molecule has 1 aliphatic rings. The summed E-state index contributed by atoms with van der Waals surface area (Å²) in [6, 6.07) is 7.37. The van der Waals surface area contributed by atoms with E-state index in [1.54, 1.807) is 6.07 Å². The third-order valence-electron chi connectivity index (χ3n) is 5.10. The summed E-state index contributed by atoms with van der Waals surface area (Å²) >= 11 is 0. The first-order valence-corrected chi connectivity index (χ1v) is 11.2. The van der Waals surface area contributed by atoms with Crippen molar-refractivity contribution >= 4 is 26.0 Å². The molecular formula is C18H27NO4Si. The number of ether oxygens (including phenoxy) is 1. The summed E-state index contributed by atoms with van der Waals surface area (Å²) in [6.45, 7) is 11.5. The Morgan fingerprint density at radius 1 is 1.25 bits per heavy atom. The Hall–Kier alpha value is -1.66. The van der Waals surface area contributed by atoms with Crippen molar-refractivity contribution in [1.29, 1.82) is 0 Å². The Balaban J connectivity index is 2.14. The lowest BCUT2D eigenvalue weighted by Gasteiger charge is -2.36. The minimum Gasteiger partial charge on any atom is -0.452 e. The van der Waals surface area contributed by atoms with Crippen LogP contribution in [0.25, 0.3) is 0 Å². The zero-order chi connectivity index (χ0) is 18.1. The number of benzene rings is 1. The molecule has 1 aliphatic heterocycles. The summed E-state index contributed by atoms with van der Waals surface area (Å²) in [4.78, 5) is 25.8. The fourth-order valence-corrected chi connectivity index (χ4v) is 3.66. The molecule has 1 aromatic carbocycles. The third kappa shape index (κ3) is 3.39. The molecule has 0 saturated heterocycles. The van der Waals surface area contributed by atoms with Gasteiger partial charge in [-0.2, -0.15) is 0 Å². The van der Waals surface area contributed by atoms with Gasteiger partial charge in [-0.15, -0.1) is 0 Å². The molecule has 0 fully saturated rings. The first-order valence-electron chi connectivity index (χ1n) is 8.25. The molecule has 0 bridgehead atoms. The molecule has 1 heterocycles. The van der Waals surface area contributed by atoms with E-state index in [1.165, 1.54) is 7.11 Å². The van der Waals surface area contributed by atoms with Crippen molar-refractivity contribution in [2.45, 2.75) is 51.2 Å². The Morgan fingerprint density at radius 2 is 1.88 bits per heavy atom. The van der Waals surface area contributed by atoms with E-state index in [0.29, 0.717) is 18.7 Å². The van der Waals surface area contributed by atoms with Gasteiger partial charge in [0.15, 0.2) is 8.32 Å². The standard InChI is InChI=1S/C18H27NO4Si/c1-18(2,3)24(5,6)23-12-11-14-13-9-7-8-10-15(13)19(16(14)20)17(21)22-4/h7-10,14H,11-12H2,1-6H3. The second-order valence-corrected chi connectivity index (χ2v) is 12.5. The van der Waals surface area contributed by atoms with Gasteiger partial charge in [0.2, 0.25) is 5.91 Å². The van der Waals surface area contributed by atoms with Crippen molar-refractivity contribution in [2.24, 2.45) is 0 Å². The Labute approximate surface area is 145 Å². The molecule has 0 aliphatic carbocycles. The maximum Gasteiger partial charge on any atom is 0.420 e. The van der Waals surface area contributed by atoms with Crippen LogP contribution in [0.3, 0.4) is 0 Å². The minimum absolute atomic E-state index is 0.128. The highest BCUT2D eigenvalue weighted by Crippen LogP contribution is 2.41. The average molecular weight is 350 g/mol. The van der Waals surface area contributed by atoms with Crippen LogP contribution in [0.2, 0.25) is 18.1 Å². The second-order valence-electron chi connectivity index (χ2n) is 7.65. The van der Waals surface area contributed by atoms with Crippen LogP contribution in [0.15, 0.2) is 24.3 Å². The van der Waals surface area contributed by atoms with E-state index in [-0.39, 0.29) is 16.9 Å². The molecule has 24 heavy (non-hydrogen) atoms. The second kappa shape index (κ2) is 6.68. The van der Waals surface area contributed by atoms with Crippen molar-refractivity contribution in [3.63, 3.8) is 0 Å². The predicted octanol–water partition coefficient (Wildman–Crippen LogP) is 4.30. The number of carbonyl (C=O) groups is 2. The fraction of sp³-hybridized carbons (Fsp3) is 0.556. The number of hydrogen-bond donors (Lipinski definition) is 0. The van der Waals surface area contributed by atoms with Crippen molar-refractivity contribution in [3.8, 4) is 0 Å². The molecule has 0 saturated carbocycles. The highest BCUT2D eigenvalue weighted by Gasteiger charge is 2.42. The molecule has 0 N–H and O–H groups in total. The van der Waals surface area contributed by atoms with Gasteiger partial charge in [-0.05, 0) is 36.2 Å². The molecular weight excluding hydrogens is 322 g/mol. The van der Waals surface area contributed by atoms with E-state index in [2.05, 4.69) is 33.9 Å². The summed E-state index contributed by atoms with van der Waals surface area (Å²) in [5.41, 5.74) is 1.48. The lowest BCUT2D eigenvalue weighted by molar-refractivity contribution is -0.119. The number of amides is 2. The molecule has 6 heteroatoms. The fourth-order valence-electron chi connectivity index (χ4n) is 2.60. The number of anilines is 1. The normalized spacial score (nSPS) is 17.8. The molecule has 132 valence electrons. The number of methoxy groups -OCH3 is 1. The smallest absolute Gasteiger partial charge is 0.420 e. The van der Waals surface area contributed by atoms with Gasteiger partial charge in [-0.1, -0.05) is 39.0 Å². The summed E-state index contributed by atoms with van der Waals surface area (Å²) in [6.07, 6.45) is -0.0733. The number of carbonyl (C=O) groups excluding carboxylic acids is 2. The largest absolute Gasteiger partial charge is 0.452 e. The molecule has 2 rings (SSSR count). The molecule has 0 spiro atoms. The third-order valence-corrected chi connectivity index (χ3v) is 9.64. The first kappa shape index (κ1) is 18.7. The lowest BCUT2D eigenvalue weighted by Crippen LogP contribution is -2.41. The zero-order valence-electron chi connectivity index (χ0n) is 15.4. The van der Waals surface area contributed by atoms with Gasteiger partial charge in [0, 0.05) is 6.61 Å². The molecule has 0 radical (unpaired) electrons. The number of hydrogen-bond acceptors (Lipinski definition) is 4. The molecule has 5 nitrogen and oxygen atoms in total. The SMILES string of the molecule is COC(=O)N1C(=O)C(CCO[Si](C)(C)C(C)(C)C)c2ccccc21. The van der Waals surface area contributed by atoms with E-state index in [9.17, 15) is 9.59 Å². The maximum absolute atomic E-state index is 12.7. The van der Waals surface area contributed by atoms with Gasteiger partial charge >= 0.3 is 6.09 Å². The van der Waals surface area contributed by atoms with E-state index in [0.717, 1.165) is 10.5 Å². The summed E-state index contributed by atoms with van der Waals surface area (Å²) in [5.74, 6) is -0.591. The van der Waals surface area contributed by atoms with Crippen molar-refractivity contribution in [3.05, 3.63) is 29.8 Å². The quantitative estimate of drug-likeness (QED) is 0.761. The summed E-state index contributed by atoms with van der Waals surface area (Å²) in [5, 5.41) is 0.128. The molecule has 1 aromatic rings. The van der Waals surface area contributed by atoms with Crippen molar-refractivity contribution in [2.75, 3.05) is 18.6 Å². The summed E-state index contributed by atoms with van der Waals surface area (Å²) < 4.78 is 10.9. The minimum atomic E-state index is -1.85. The molecule has 1 atom stereocenters. The van der Waals surface area contributed by atoms with E-state index in [4.69, 9.17) is 9.16 Å². The van der Waals surface area contributed by atoms with Gasteiger partial charge in [-0.3, -0.25) is 4.79 Å². The van der Waals surface area contributed by atoms with Crippen molar-refractivity contribution < 1.29 is 18.8 Å². The summed E-state index contributed by atoms with van der Waals surface area (Å²) in [7, 11) is -0.569. The van der Waals surface area contributed by atoms with Gasteiger partial charge in [0.25, 0.3) is 0 Å². The predicted molar refractivity (Wildman–Crippen MR) is 96.8 cm³/mol. The van der Waals surface area contributed by atoms with Gasteiger partial charge in [0.05, 0.1) is 18.7 Å². The van der Waals surface area contributed by atoms with E-state index >= 15 is 0 Å². The first-order chi connectivity index (χ1) is 11.1. The lowest BCUT2D eigenvalue weighted by atomic mass is 9.98. The molecule has 1 unspecified atom stereocenters. The monoisotopic (exact) mass is 349 g/mol. The number of fused-ring (bicyclic) bond motifs is 1. The number of rotatable bonds is 4. The van der Waals surface area contributed by atoms with Crippen LogP contribution < -0.4 is 4.90 Å². The van der Waals surface area contributed by atoms with Crippen LogP contribution in [-0.4, -0.2) is 34.0 Å². The topological polar surface area (TPSA) is 55.8 Å². The Kier molecular flexibility index (Phi) is 5.20. The highest BCUT2D eigenvalue weighted by atomic mass is 28.4. The number of imide groups is 1. The number of nitrogens with zero attached hydrogens (tertiary/aromatic N) is 1. The van der Waals surface area contributed by atoms with Crippen molar-refractivity contribution in [1.82, 2.24) is 0 Å². The van der Waals surface area contributed by atoms with Crippen LogP contribution in [0, 0.1) is 0 Å². The molecule has 0 aromatic heterocycles. The van der Waals surface area contributed by atoms with Gasteiger partial charge in [-0.25, -0.2) is 9.69 Å². The van der Waals surface area contributed by atoms with Crippen LogP contribution >= 0.6 is 0 Å². The van der Waals surface area contributed by atoms with Crippen LogP contribution in [0.4, 0.5) is 10.5 Å². The highest BCUT2D eigenvalue weighted by molar-refractivity contribution is 6.74. The van der Waals surface area contributed by atoms with Gasteiger partial charge < -0.3 is 9.16 Å². The van der Waals surface area contributed by atoms with Crippen LogP contribution in [0.1, 0.15) is 38.7 Å². The van der Waals surface area contributed by atoms with E-state index in [1.807, 2.05) is 18.2 Å².